The minimum atomic E-state index is -0.904. The standard InChI is InChI=1S/C15H11BrN2O2/c16-18-6-5-13-8-11(9-17-14(13)18)7-10-1-3-12(4-2-10)15(19)20/h1-6,8-9H,7H2,(H,19,20). The summed E-state index contributed by atoms with van der Waals surface area (Å²) in [5.74, 6) is -0.904. The molecule has 0 saturated heterocycles. The molecular formula is C15H11BrN2O2. The molecule has 0 bridgehead atoms. The van der Waals surface area contributed by atoms with Crippen LogP contribution in [0.3, 0.4) is 0 Å². The van der Waals surface area contributed by atoms with Crippen LogP contribution in [-0.4, -0.2) is 19.7 Å². The van der Waals surface area contributed by atoms with Gasteiger partial charge in [0.2, 0.25) is 0 Å². The average molecular weight is 331 g/mol. The number of fused-ring (bicyclic) bond motifs is 1. The van der Waals surface area contributed by atoms with Gasteiger partial charge in [-0.15, -0.1) is 0 Å². The highest BCUT2D eigenvalue weighted by Crippen LogP contribution is 2.18. The van der Waals surface area contributed by atoms with E-state index in [-0.39, 0.29) is 0 Å². The Labute approximate surface area is 124 Å². The van der Waals surface area contributed by atoms with E-state index >= 15 is 0 Å². The first-order valence-electron chi connectivity index (χ1n) is 6.08. The van der Waals surface area contributed by atoms with E-state index in [2.05, 4.69) is 27.2 Å². The van der Waals surface area contributed by atoms with Crippen LogP contribution in [0.1, 0.15) is 21.5 Å². The molecule has 1 aromatic carbocycles. The number of carboxylic acids is 1. The highest BCUT2D eigenvalue weighted by molar-refractivity contribution is 9.08. The zero-order valence-electron chi connectivity index (χ0n) is 10.5. The molecule has 0 amide bonds. The zero-order chi connectivity index (χ0) is 14.1. The Morgan fingerprint density at radius 2 is 1.95 bits per heavy atom. The van der Waals surface area contributed by atoms with Gasteiger partial charge >= 0.3 is 5.97 Å². The van der Waals surface area contributed by atoms with Gasteiger partial charge in [-0.05, 0) is 41.8 Å². The lowest BCUT2D eigenvalue weighted by atomic mass is 10.0. The summed E-state index contributed by atoms with van der Waals surface area (Å²) in [5, 5.41) is 9.94. The third kappa shape index (κ3) is 2.44. The van der Waals surface area contributed by atoms with Crippen molar-refractivity contribution in [2.45, 2.75) is 6.42 Å². The van der Waals surface area contributed by atoms with Gasteiger partial charge in [0.1, 0.15) is 5.65 Å². The van der Waals surface area contributed by atoms with Crippen molar-refractivity contribution in [1.29, 1.82) is 0 Å². The molecule has 3 aromatic rings. The predicted molar refractivity (Wildman–Crippen MR) is 80.3 cm³/mol. The van der Waals surface area contributed by atoms with E-state index in [4.69, 9.17) is 5.11 Å². The van der Waals surface area contributed by atoms with Crippen LogP contribution in [0.5, 0.6) is 0 Å². The van der Waals surface area contributed by atoms with Crippen molar-refractivity contribution < 1.29 is 9.90 Å². The van der Waals surface area contributed by atoms with E-state index in [1.807, 2.05) is 30.6 Å². The molecule has 0 aliphatic carbocycles. The van der Waals surface area contributed by atoms with Crippen LogP contribution in [-0.2, 0) is 6.42 Å². The number of nitrogens with zero attached hydrogens (tertiary/aromatic N) is 2. The van der Waals surface area contributed by atoms with Crippen LogP contribution < -0.4 is 0 Å². The van der Waals surface area contributed by atoms with Gasteiger partial charge in [-0.25, -0.2) is 9.78 Å². The number of benzene rings is 1. The SMILES string of the molecule is O=C(O)c1ccc(Cc2cnc3c(ccn3Br)c2)cc1. The number of hydrogen-bond acceptors (Lipinski definition) is 2. The Balaban J connectivity index is 1.86. The lowest BCUT2D eigenvalue weighted by Crippen LogP contribution is -1.96. The molecule has 4 nitrogen and oxygen atoms in total. The van der Waals surface area contributed by atoms with Crippen molar-refractivity contribution in [2.75, 3.05) is 0 Å². The van der Waals surface area contributed by atoms with Gasteiger partial charge in [-0.2, -0.15) is 0 Å². The molecule has 2 heterocycles. The summed E-state index contributed by atoms with van der Waals surface area (Å²) < 4.78 is 1.80. The fourth-order valence-electron chi connectivity index (χ4n) is 2.14. The largest absolute Gasteiger partial charge is 0.478 e. The number of hydrogen-bond donors (Lipinski definition) is 1. The van der Waals surface area contributed by atoms with Crippen LogP contribution in [0.15, 0.2) is 48.8 Å². The number of carbonyl (C=O) groups is 1. The minimum Gasteiger partial charge on any atom is -0.478 e. The number of rotatable bonds is 3. The van der Waals surface area contributed by atoms with Crippen LogP contribution in [0.4, 0.5) is 0 Å². The van der Waals surface area contributed by atoms with Crippen molar-refractivity contribution in [3.8, 4) is 0 Å². The number of halogens is 1. The van der Waals surface area contributed by atoms with Gasteiger partial charge in [-0.1, -0.05) is 12.1 Å². The number of aromatic carboxylic acids is 1. The first-order valence-corrected chi connectivity index (χ1v) is 6.79. The van der Waals surface area contributed by atoms with E-state index in [1.165, 1.54) is 0 Å². The summed E-state index contributed by atoms with van der Waals surface area (Å²) in [6, 6.07) is 11.0. The number of carboxylic acid groups (broad SMARTS) is 1. The van der Waals surface area contributed by atoms with Gasteiger partial charge < -0.3 is 5.11 Å². The fourth-order valence-corrected chi connectivity index (χ4v) is 2.55. The second-order valence-corrected chi connectivity index (χ2v) is 5.33. The Kier molecular flexibility index (Phi) is 3.28. The molecule has 2 aromatic heterocycles. The summed E-state index contributed by atoms with van der Waals surface area (Å²) >= 11 is 3.38. The van der Waals surface area contributed by atoms with E-state index in [9.17, 15) is 4.79 Å². The average Bonchev–Trinajstić information content (AvgIpc) is 2.81. The normalized spacial score (nSPS) is 10.8. The quantitative estimate of drug-likeness (QED) is 0.799. The second kappa shape index (κ2) is 5.09. The molecular weight excluding hydrogens is 320 g/mol. The Morgan fingerprint density at radius 3 is 2.65 bits per heavy atom. The van der Waals surface area contributed by atoms with E-state index in [0.29, 0.717) is 5.56 Å². The predicted octanol–water partition coefficient (Wildman–Crippen LogP) is 3.48. The first kappa shape index (κ1) is 12.9. The summed E-state index contributed by atoms with van der Waals surface area (Å²) in [6.45, 7) is 0. The number of aromatic nitrogens is 2. The molecule has 20 heavy (non-hydrogen) atoms. The van der Waals surface area contributed by atoms with Crippen LogP contribution in [0, 0.1) is 0 Å². The van der Waals surface area contributed by atoms with Crippen molar-refractivity contribution in [1.82, 2.24) is 8.58 Å². The van der Waals surface area contributed by atoms with Crippen molar-refractivity contribution in [3.63, 3.8) is 0 Å². The van der Waals surface area contributed by atoms with E-state index < -0.39 is 5.97 Å². The Hall–Kier alpha value is -2.14. The molecule has 0 fully saturated rings. The molecule has 5 heteroatoms. The molecule has 3 rings (SSSR count). The highest BCUT2D eigenvalue weighted by atomic mass is 79.9. The van der Waals surface area contributed by atoms with Gasteiger partial charge in [0.25, 0.3) is 0 Å². The Morgan fingerprint density at radius 1 is 1.20 bits per heavy atom. The van der Waals surface area contributed by atoms with Crippen LogP contribution in [0.25, 0.3) is 11.0 Å². The van der Waals surface area contributed by atoms with Gasteiger partial charge in [0.05, 0.1) is 21.7 Å². The Bertz CT molecular complexity index is 778. The third-order valence-corrected chi connectivity index (χ3v) is 3.72. The fraction of sp³-hybridized carbons (Fsp3) is 0.0667. The van der Waals surface area contributed by atoms with Crippen molar-refractivity contribution in [2.24, 2.45) is 0 Å². The van der Waals surface area contributed by atoms with Crippen molar-refractivity contribution in [3.05, 3.63) is 65.5 Å². The monoisotopic (exact) mass is 330 g/mol. The second-order valence-electron chi connectivity index (χ2n) is 4.56. The van der Waals surface area contributed by atoms with E-state index in [1.54, 1.807) is 15.7 Å². The maximum atomic E-state index is 10.8. The summed E-state index contributed by atoms with van der Waals surface area (Å²) in [4.78, 5) is 15.2. The summed E-state index contributed by atoms with van der Waals surface area (Å²) in [5.41, 5.74) is 3.35. The molecule has 0 aliphatic heterocycles. The summed E-state index contributed by atoms with van der Waals surface area (Å²) in [6.07, 6.45) is 4.48. The van der Waals surface area contributed by atoms with Gasteiger partial charge in [0.15, 0.2) is 0 Å². The van der Waals surface area contributed by atoms with Crippen LogP contribution in [0.2, 0.25) is 0 Å². The smallest absolute Gasteiger partial charge is 0.335 e. The van der Waals surface area contributed by atoms with Gasteiger partial charge in [0, 0.05) is 17.8 Å². The minimum absolute atomic E-state index is 0.304. The molecule has 0 radical (unpaired) electrons. The van der Waals surface area contributed by atoms with Crippen molar-refractivity contribution >= 4 is 33.1 Å². The van der Waals surface area contributed by atoms with E-state index in [0.717, 1.165) is 28.6 Å². The topological polar surface area (TPSA) is 55.1 Å². The first-order chi connectivity index (χ1) is 9.63. The molecule has 0 atom stereocenters. The maximum Gasteiger partial charge on any atom is 0.335 e. The summed E-state index contributed by atoms with van der Waals surface area (Å²) in [7, 11) is 0. The molecule has 0 aliphatic rings. The molecule has 0 unspecified atom stereocenters. The lowest BCUT2D eigenvalue weighted by molar-refractivity contribution is 0.0697. The molecule has 1 N–H and O–H groups in total. The molecule has 0 saturated carbocycles. The maximum absolute atomic E-state index is 10.8. The molecule has 100 valence electrons. The molecule has 0 spiro atoms. The van der Waals surface area contributed by atoms with Crippen LogP contribution >= 0.6 is 16.1 Å². The lowest BCUT2D eigenvalue weighted by Gasteiger charge is -2.03. The zero-order valence-corrected chi connectivity index (χ0v) is 12.0. The highest BCUT2D eigenvalue weighted by Gasteiger charge is 2.05. The number of pyridine rings is 1. The third-order valence-electron chi connectivity index (χ3n) is 3.15. The van der Waals surface area contributed by atoms with Gasteiger partial charge in [-0.3, -0.25) is 3.59 Å².